The van der Waals surface area contributed by atoms with Crippen LogP contribution < -0.4 is 4.90 Å². The fourth-order valence-corrected chi connectivity index (χ4v) is 4.72. The van der Waals surface area contributed by atoms with Crippen LogP contribution in [-0.4, -0.2) is 37.0 Å². The van der Waals surface area contributed by atoms with E-state index in [4.69, 9.17) is 23.2 Å². The van der Waals surface area contributed by atoms with Crippen molar-refractivity contribution in [2.75, 3.05) is 31.1 Å². The number of hydrogen-bond acceptors (Lipinski definition) is 3. The van der Waals surface area contributed by atoms with Crippen LogP contribution in [0.1, 0.15) is 9.67 Å². The molecule has 0 saturated carbocycles. The first-order valence-electron chi connectivity index (χ1n) is 8.10. The van der Waals surface area contributed by atoms with Gasteiger partial charge in [-0.25, -0.2) is 0 Å². The second kappa shape index (κ2) is 6.87. The van der Waals surface area contributed by atoms with Gasteiger partial charge in [-0.2, -0.15) is 0 Å². The minimum Gasteiger partial charge on any atom is -0.368 e. The molecular weight excluding hydrogens is 375 g/mol. The van der Waals surface area contributed by atoms with Crippen molar-refractivity contribution in [3.63, 3.8) is 0 Å². The number of hydrogen-bond donors (Lipinski definition) is 0. The zero-order valence-corrected chi connectivity index (χ0v) is 15.7. The second-order valence-electron chi connectivity index (χ2n) is 6.00. The Morgan fingerprint density at radius 1 is 0.920 bits per heavy atom. The van der Waals surface area contributed by atoms with Gasteiger partial charge < -0.3 is 9.80 Å². The first kappa shape index (κ1) is 16.7. The molecule has 0 spiro atoms. The molecule has 3 nitrogen and oxygen atoms in total. The second-order valence-corrected chi connectivity index (χ2v) is 7.86. The van der Waals surface area contributed by atoms with Crippen LogP contribution in [0.4, 0.5) is 5.69 Å². The van der Waals surface area contributed by atoms with Gasteiger partial charge in [-0.05, 0) is 30.3 Å². The molecule has 2 aromatic carbocycles. The summed E-state index contributed by atoms with van der Waals surface area (Å²) in [4.78, 5) is 17.7. The lowest BCUT2D eigenvalue weighted by molar-refractivity contribution is 0.0752. The van der Waals surface area contributed by atoms with Gasteiger partial charge in [0, 0.05) is 47.0 Å². The first-order valence-corrected chi connectivity index (χ1v) is 9.67. The van der Waals surface area contributed by atoms with Crippen molar-refractivity contribution in [1.29, 1.82) is 0 Å². The van der Waals surface area contributed by atoms with E-state index in [9.17, 15) is 4.79 Å². The maximum absolute atomic E-state index is 12.9. The average Bonchev–Trinajstić information content (AvgIpc) is 2.99. The van der Waals surface area contributed by atoms with Gasteiger partial charge in [0.15, 0.2) is 0 Å². The van der Waals surface area contributed by atoms with E-state index in [1.165, 1.54) is 11.3 Å². The van der Waals surface area contributed by atoms with Gasteiger partial charge in [0.25, 0.3) is 5.91 Å². The van der Waals surface area contributed by atoms with E-state index >= 15 is 0 Å². The molecule has 0 aliphatic carbocycles. The Morgan fingerprint density at radius 3 is 2.28 bits per heavy atom. The minimum atomic E-state index is 0.0296. The Morgan fingerprint density at radius 2 is 1.60 bits per heavy atom. The molecule has 1 aliphatic rings. The number of nitrogens with zero attached hydrogens (tertiary/aromatic N) is 2. The van der Waals surface area contributed by atoms with Crippen LogP contribution in [0.3, 0.4) is 0 Å². The Balaban J connectivity index is 1.49. The number of amides is 1. The van der Waals surface area contributed by atoms with Crippen LogP contribution in [0.15, 0.2) is 48.5 Å². The van der Waals surface area contributed by atoms with E-state index in [0.29, 0.717) is 23.0 Å². The molecule has 25 heavy (non-hydrogen) atoms. The summed E-state index contributed by atoms with van der Waals surface area (Å²) >= 11 is 13.9. The molecule has 6 heteroatoms. The maximum Gasteiger partial charge on any atom is 0.265 e. The highest BCUT2D eigenvalue weighted by Gasteiger charge is 2.26. The fraction of sp³-hybridized carbons (Fsp3) is 0.211. The molecule has 0 atom stereocenters. The summed E-state index contributed by atoms with van der Waals surface area (Å²) in [6, 6.07) is 15.7. The number of carbonyl (C=O) groups is 1. The summed E-state index contributed by atoms with van der Waals surface area (Å²) in [6.45, 7) is 2.98. The van der Waals surface area contributed by atoms with Gasteiger partial charge in [0.2, 0.25) is 0 Å². The van der Waals surface area contributed by atoms with Crippen molar-refractivity contribution in [3.8, 4) is 0 Å². The number of rotatable bonds is 2. The van der Waals surface area contributed by atoms with Gasteiger partial charge in [0.1, 0.15) is 4.88 Å². The topological polar surface area (TPSA) is 23.6 Å². The van der Waals surface area contributed by atoms with E-state index < -0.39 is 0 Å². The van der Waals surface area contributed by atoms with Gasteiger partial charge in [-0.1, -0.05) is 41.4 Å². The molecule has 0 radical (unpaired) electrons. The van der Waals surface area contributed by atoms with Gasteiger partial charge in [-0.3, -0.25) is 4.79 Å². The van der Waals surface area contributed by atoms with Crippen molar-refractivity contribution in [3.05, 3.63) is 63.5 Å². The van der Waals surface area contributed by atoms with Gasteiger partial charge in [-0.15, -0.1) is 11.3 Å². The zero-order valence-electron chi connectivity index (χ0n) is 13.4. The Hall–Kier alpha value is -1.75. The van der Waals surface area contributed by atoms with Gasteiger partial charge >= 0.3 is 0 Å². The standard InChI is InChI=1S/C19H16Cl2N2OS/c20-13-5-7-14(8-6-13)22-9-11-23(12-10-22)19(24)18-17(21)15-3-1-2-4-16(15)25-18/h1-8H,9-12H2. The molecule has 1 amide bonds. The number of thiophene rings is 1. The Kier molecular flexibility index (Phi) is 4.59. The highest BCUT2D eigenvalue weighted by molar-refractivity contribution is 7.21. The predicted octanol–water partition coefficient (Wildman–Crippen LogP) is 5.17. The van der Waals surface area contributed by atoms with Crippen LogP contribution in [0, 0.1) is 0 Å². The average molecular weight is 391 g/mol. The number of fused-ring (bicyclic) bond motifs is 1. The quantitative estimate of drug-likeness (QED) is 0.602. The third-order valence-electron chi connectivity index (χ3n) is 4.49. The van der Waals surface area contributed by atoms with Crippen LogP contribution >= 0.6 is 34.5 Å². The van der Waals surface area contributed by atoms with Crippen LogP contribution in [0.5, 0.6) is 0 Å². The van der Waals surface area contributed by atoms with E-state index in [1.807, 2.05) is 53.4 Å². The molecule has 4 rings (SSSR count). The summed E-state index contributed by atoms with van der Waals surface area (Å²) in [5.41, 5.74) is 1.14. The first-order chi connectivity index (χ1) is 12.1. The SMILES string of the molecule is O=C(c1sc2ccccc2c1Cl)N1CCN(c2ccc(Cl)cc2)CC1. The fourth-order valence-electron chi connectivity index (χ4n) is 3.11. The largest absolute Gasteiger partial charge is 0.368 e. The summed E-state index contributed by atoms with van der Waals surface area (Å²) in [7, 11) is 0. The van der Waals surface area contributed by atoms with Crippen LogP contribution in [0.2, 0.25) is 10.0 Å². The monoisotopic (exact) mass is 390 g/mol. The number of benzene rings is 2. The van der Waals surface area contributed by atoms with E-state index in [2.05, 4.69) is 4.90 Å². The summed E-state index contributed by atoms with van der Waals surface area (Å²) in [5.74, 6) is 0.0296. The van der Waals surface area contributed by atoms with E-state index in [1.54, 1.807) is 0 Å². The Labute approximate surface area is 160 Å². The molecule has 1 saturated heterocycles. The molecule has 128 valence electrons. The van der Waals surface area contributed by atoms with Crippen molar-refractivity contribution >= 4 is 56.2 Å². The number of halogens is 2. The zero-order chi connectivity index (χ0) is 17.4. The van der Waals surface area contributed by atoms with Crippen molar-refractivity contribution < 1.29 is 4.79 Å². The lowest BCUT2D eigenvalue weighted by atomic mass is 10.2. The van der Waals surface area contributed by atoms with Crippen molar-refractivity contribution in [2.24, 2.45) is 0 Å². The summed E-state index contributed by atoms with van der Waals surface area (Å²) < 4.78 is 1.05. The molecule has 0 N–H and O–H groups in total. The minimum absolute atomic E-state index is 0.0296. The predicted molar refractivity (Wildman–Crippen MR) is 106 cm³/mol. The molecular formula is C19H16Cl2N2OS. The summed E-state index contributed by atoms with van der Waals surface area (Å²) in [6.07, 6.45) is 0. The number of piperazine rings is 1. The van der Waals surface area contributed by atoms with E-state index in [-0.39, 0.29) is 5.91 Å². The highest BCUT2D eigenvalue weighted by Crippen LogP contribution is 2.36. The third kappa shape index (κ3) is 3.22. The maximum atomic E-state index is 12.9. The molecule has 2 heterocycles. The molecule has 0 unspecified atom stereocenters. The molecule has 3 aromatic rings. The molecule has 1 fully saturated rings. The lowest BCUT2D eigenvalue weighted by Gasteiger charge is -2.36. The lowest BCUT2D eigenvalue weighted by Crippen LogP contribution is -2.48. The smallest absolute Gasteiger partial charge is 0.265 e. The normalized spacial score (nSPS) is 15.0. The van der Waals surface area contributed by atoms with Crippen molar-refractivity contribution in [1.82, 2.24) is 4.90 Å². The molecule has 1 aromatic heterocycles. The van der Waals surface area contributed by atoms with Crippen molar-refractivity contribution in [2.45, 2.75) is 0 Å². The Bertz CT molecular complexity index is 915. The number of carbonyl (C=O) groups excluding carboxylic acids is 1. The van der Waals surface area contributed by atoms with Gasteiger partial charge in [0.05, 0.1) is 5.02 Å². The molecule has 0 bridgehead atoms. The van der Waals surface area contributed by atoms with E-state index in [0.717, 1.165) is 33.9 Å². The van der Waals surface area contributed by atoms with Crippen LogP contribution in [-0.2, 0) is 0 Å². The number of anilines is 1. The third-order valence-corrected chi connectivity index (χ3v) is 6.40. The molecule has 1 aliphatic heterocycles. The van der Waals surface area contributed by atoms with Crippen LogP contribution in [0.25, 0.3) is 10.1 Å². The highest BCUT2D eigenvalue weighted by atomic mass is 35.5. The summed E-state index contributed by atoms with van der Waals surface area (Å²) in [5, 5.41) is 2.26.